The molecular weight excluding hydrogens is 288 g/mol. The number of nitro groups is 1. The number of rotatable bonds is 6. The molecule has 5 nitrogen and oxygen atoms in total. The molecule has 0 spiro atoms. The largest absolute Gasteiger partial charge is 0.353 e. The first-order chi connectivity index (χ1) is 9.97. The number of carbonyl (C=O) groups is 1. The van der Waals surface area contributed by atoms with Crippen molar-refractivity contribution in [3.8, 4) is 0 Å². The molecule has 21 heavy (non-hydrogen) atoms. The van der Waals surface area contributed by atoms with Crippen LogP contribution in [-0.4, -0.2) is 21.4 Å². The summed E-state index contributed by atoms with van der Waals surface area (Å²) in [7, 11) is 0. The second-order valence-electron chi connectivity index (χ2n) is 4.96. The number of ketones is 1. The molecule has 0 amide bonds. The highest BCUT2D eigenvalue weighted by Gasteiger charge is 2.14. The molecule has 2 aromatic rings. The highest BCUT2D eigenvalue weighted by atomic mass is 32.2. The molecular formula is C15H16N2O3S. The minimum absolute atomic E-state index is 0.0929. The average Bonchev–Trinajstić information content (AvgIpc) is 2.95. The van der Waals surface area contributed by atoms with Gasteiger partial charge in [0.05, 0.1) is 22.6 Å². The lowest BCUT2D eigenvalue weighted by Crippen LogP contribution is -2.02. The van der Waals surface area contributed by atoms with E-state index >= 15 is 0 Å². The van der Waals surface area contributed by atoms with Crippen molar-refractivity contribution in [1.29, 1.82) is 0 Å². The van der Waals surface area contributed by atoms with Gasteiger partial charge in [0.2, 0.25) is 0 Å². The summed E-state index contributed by atoms with van der Waals surface area (Å²) in [5, 5.41) is 10.6. The van der Waals surface area contributed by atoms with E-state index in [1.165, 1.54) is 29.6 Å². The van der Waals surface area contributed by atoms with Gasteiger partial charge in [-0.1, -0.05) is 26.0 Å². The van der Waals surface area contributed by atoms with Gasteiger partial charge in [-0.25, -0.2) is 0 Å². The van der Waals surface area contributed by atoms with E-state index in [1.807, 2.05) is 12.1 Å². The van der Waals surface area contributed by atoms with Crippen LogP contribution in [0.25, 0.3) is 0 Å². The Balaban J connectivity index is 1.95. The van der Waals surface area contributed by atoms with Gasteiger partial charge in [-0.2, -0.15) is 0 Å². The zero-order valence-corrected chi connectivity index (χ0v) is 12.6. The predicted octanol–water partition coefficient (Wildman–Crippen LogP) is 4.02. The number of H-pyrrole nitrogens is 1. The van der Waals surface area contributed by atoms with Crippen molar-refractivity contribution >= 4 is 23.2 Å². The Hall–Kier alpha value is -2.08. The van der Waals surface area contributed by atoms with Gasteiger partial charge in [0.15, 0.2) is 5.78 Å². The maximum atomic E-state index is 12.0. The van der Waals surface area contributed by atoms with Crippen molar-refractivity contribution < 1.29 is 9.72 Å². The van der Waals surface area contributed by atoms with Gasteiger partial charge in [-0.15, -0.1) is 11.8 Å². The van der Waals surface area contributed by atoms with E-state index in [2.05, 4.69) is 31.0 Å². The number of thioether (sulfide) groups is 1. The summed E-state index contributed by atoms with van der Waals surface area (Å²) >= 11 is 1.42. The smallest absolute Gasteiger partial charge is 0.287 e. The first-order valence-corrected chi connectivity index (χ1v) is 7.54. The van der Waals surface area contributed by atoms with E-state index in [-0.39, 0.29) is 22.9 Å². The number of aromatic amines is 1. The Kier molecular flexibility index (Phi) is 4.80. The molecule has 0 saturated heterocycles. The van der Waals surface area contributed by atoms with Crippen LogP contribution >= 0.6 is 11.8 Å². The van der Waals surface area contributed by atoms with E-state index in [9.17, 15) is 14.9 Å². The second kappa shape index (κ2) is 6.58. The van der Waals surface area contributed by atoms with Gasteiger partial charge in [0.1, 0.15) is 0 Å². The zero-order chi connectivity index (χ0) is 15.4. The summed E-state index contributed by atoms with van der Waals surface area (Å²) in [6, 6.07) is 9.35. The first kappa shape index (κ1) is 15.3. The van der Waals surface area contributed by atoms with Crippen LogP contribution in [0.5, 0.6) is 0 Å². The third kappa shape index (κ3) is 3.95. The lowest BCUT2D eigenvalue weighted by atomic mass is 10.0. The van der Waals surface area contributed by atoms with Gasteiger partial charge in [0, 0.05) is 11.0 Å². The molecule has 0 aliphatic heterocycles. The molecule has 0 unspecified atom stereocenters. The summed E-state index contributed by atoms with van der Waals surface area (Å²) in [4.78, 5) is 25.7. The number of carbonyl (C=O) groups excluding carboxylic acids is 1. The molecule has 2 rings (SSSR count). The van der Waals surface area contributed by atoms with Gasteiger partial charge in [0.25, 0.3) is 5.69 Å². The number of nitrogens with one attached hydrogen (secondary N) is 1. The second-order valence-corrected chi connectivity index (χ2v) is 6.01. The average molecular weight is 304 g/mol. The topological polar surface area (TPSA) is 76.0 Å². The highest BCUT2D eigenvalue weighted by molar-refractivity contribution is 8.00. The minimum atomic E-state index is -0.523. The van der Waals surface area contributed by atoms with Gasteiger partial charge in [-0.05, 0) is 23.6 Å². The van der Waals surface area contributed by atoms with Crippen LogP contribution in [0.2, 0.25) is 0 Å². The molecule has 110 valence electrons. The molecule has 0 atom stereocenters. The fraction of sp³-hybridized carbons (Fsp3) is 0.267. The molecule has 1 heterocycles. The van der Waals surface area contributed by atoms with Gasteiger partial charge >= 0.3 is 0 Å². The lowest BCUT2D eigenvalue weighted by Gasteiger charge is -2.06. The Labute approximate surface area is 126 Å². The van der Waals surface area contributed by atoms with Crippen molar-refractivity contribution in [3.05, 3.63) is 57.9 Å². The van der Waals surface area contributed by atoms with E-state index < -0.39 is 4.92 Å². The van der Waals surface area contributed by atoms with Crippen LogP contribution in [0, 0.1) is 10.1 Å². The Morgan fingerprint density at radius 2 is 2.00 bits per heavy atom. The zero-order valence-electron chi connectivity index (χ0n) is 11.8. The molecule has 0 bridgehead atoms. The van der Waals surface area contributed by atoms with E-state index in [1.54, 1.807) is 0 Å². The molecule has 0 fully saturated rings. The quantitative estimate of drug-likeness (QED) is 0.378. The van der Waals surface area contributed by atoms with Crippen LogP contribution < -0.4 is 0 Å². The van der Waals surface area contributed by atoms with Crippen LogP contribution in [0.1, 0.15) is 35.8 Å². The summed E-state index contributed by atoms with van der Waals surface area (Å²) in [6.45, 7) is 4.26. The SMILES string of the molecule is CC(C)c1ccc(SCC(=O)c2cc([N+](=O)[O-])c[nH]2)cc1. The van der Waals surface area contributed by atoms with Gasteiger partial charge in [-0.3, -0.25) is 14.9 Å². The fourth-order valence-corrected chi connectivity index (χ4v) is 2.61. The molecule has 1 aromatic heterocycles. The number of nitrogens with zero attached hydrogens (tertiary/aromatic N) is 1. The molecule has 0 aliphatic carbocycles. The maximum Gasteiger partial charge on any atom is 0.287 e. The number of Topliss-reactive ketones (excluding diaryl/α,β-unsaturated/α-hetero) is 1. The summed E-state index contributed by atoms with van der Waals surface area (Å²) in [5.74, 6) is 0.574. The summed E-state index contributed by atoms with van der Waals surface area (Å²) in [5.41, 5.74) is 1.43. The normalized spacial score (nSPS) is 10.8. The number of aromatic nitrogens is 1. The fourth-order valence-electron chi connectivity index (χ4n) is 1.82. The van der Waals surface area contributed by atoms with Crippen molar-refractivity contribution in [2.45, 2.75) is 24.7 Å². The monoisotopic (exact) mass is 304 g/mol. The number of benzene rings is 1. The third-order valence-electron chi connectivity index (χ3n) is 3.10. The van der Waals surface area contributed by atoms with Crippen molar-refractivity contribution in [2.75, 3.05) is 5.75 Å². The van der Waals surface area contributed by atoms with Crippen LogP contribution in [0.4, 0.5) is 5.69 Å². The standard InChI is InChI=1S/C15H16N2O3S/c1-10(2)11-3-5-13(6-4-11)21-9-15(18)14-7-12(8-16-14)17(19)20/h3-8,10,16H,9H2,1-2H3. The molecule has 6 heteroatoms. The third-order valence-corrected chi connectivity index (χ3v) is 4.11. The van der Waals surface area contributed by atoms with Crippen molar-refractivity contribution in [2.24, 2.45) is 0 Å². The van der Waals surface area contributed by atoms with Crippen molar-refractivity contribution in [3.63, 3.8) is 0 Å². The van der Waals surface area contributed by atoms with E-state index in [0.29, 0.717) is 5.92 Å². The molecule has 0 aliphatic rings. The minimum Gasteiger partial charge on any atom is -0.353 e. The summed E-state index contributed by atoms with van der Waals surface area (Å²) in [6.07, 6.45) is 1.23. The molecule has 0 radical (unpaired) electrons. The highest BCUT2D eigenvalue weighted by Crippen LogP contribution is 2.23. The van der Waals surface area contributed by atoms with Crippen LogP contribution in [0.3, 0.4) is 0 Å². The Morgan fingerprint density at radius 1 is 1.33 bits per heavy atom. The molecule has 0 saturated carbocycles. The first-order valence-electron chi connectivity index (χ1n) is 6.56. The van der Waals surface area contributed by atoms with Crippen LogP contribution in [-0.2, 0) is 0 Å². The van der Waals surface area contributed by atoms with E-state index in [0.717, 1.165) is 4.90 Å². The Morgan fingerprint density at radius 3 is 2.52 bits per heavy atom. The predicted molar refractivity (Wildman–Crippen MR) is 83.0 cm³/mol. The maximum absolute atomic E-state index is 12.0. The molecule has 1 aromatic carbocycles. The van der Waals surface area contributed by atoms with Gasteiger partial charge < -0.3 is 4.98 Å². The number of hydrogen-bond donors (Lipinski definition) is 1. The van der Waals surface area contributed by atoms with E-state index in [4.69, 9.17) is 0 Å². The van der Waals surface area contributed by atoms with Crippen molar-refractivity contribution in [1.82, 2.24) is 4.98 Å². The summed E-state index contributed by atoms with van der Waals surface area (Å²) < 4.78 is 0. The molecule has 1 N–H and O–H groups in total. The van der Waals surface area contributed by atoms with Crippen LogP contribution in [0.15, 0.2) is 41.4 Å². The number of hydrogen-bond acceptors (Lipinski definition) is 4. The lowest BCUT2D eigenvalue weighted by molar-refractivity contribution is -0.384. The Bertz CT molecular complexity index is 647.